The summed E-state index contributed by atoms with van der Waals surface area (Å²) in [5.74, 6) is -0.0119. The summed E-state index contributed by atoms with van der Waals surface area (Å²) in [6.07, 6.45) is 3.70. The number of carbonyl (C=O) groups is 1. The molecule has 1 amide bonds. The van der Waals surface area contributed by atoms with Gasteiger partial charge in [0.15, 0.2) is 0 Å². The Hall–Kier alpha value is -1.43. The van der Waals surface area contributed by atoms with Crippen LogP contribution in [0.3, 0.4) is 0 Å². The summed E-state index contributed by atoms with van der Waals surface area (Å²) in [4.78, 5) is 10.7. The van der Waals surface area contributed by atoms with Gasteiger partial charge in [-0.2, -0.15) is 0 Å². The van der Waals surface area contributed by atoms with Crippen LogP contribution in [0.2, 0.25) is 0 Å². The summed E-state index contributed by atoms with van der Waals surface area (Å²) < 4.78 is 1.85. The topological polar surface area (TPSA) is 71.8 Å². The molecule has 1 rings (SSSR count). The maximum atomic E-state index is 10.7. The third kappa shape index (κ3) is 13.5. The number of nitrogens with one attached hydrogen (secondary N) is 2. The first-order valence-corrected chi connectivity index (χ1v) is 8.44. The van der Waals surface area contributed by atoms with Gasteiger partial charge in [-0.1, -0.05) is 46.8 Å². The number of nitrogens with zero attached hydrogens (tertiary/aromatic N) is 3. The van der Waals surface area contributed by atoms with Crippen LogP contribution in [0.4, 0.5) is 0 Å². The fraction of sp³-hybridized carbons (Fsp3) is 0.812. The summed E-state index contributed by atoms with van der Waals surface area (Å²) >= 11 is 0. The Labute approximate surface area is 136 Å². The molecule has 0 spiro atoms. The zero-order chi connectivity index (χ0) is 17.4. The van der Waals surface area contributed by atoms with Gasteiger partial charge in [-0.05, 0) is 13.0 Å². The van der Waals surface area contributed by atoms with Crippen LogP contribution in [0.15, 0.2) is 6.20 Å². The molecule has 0 saturated carbocycles. The van der Waals surface area contributed by atoms with E-state index in [9.17, 15) is 4.79 Å². The van der Waals surface area contributed by atoms with Crippen molar-refractivity contribution in [3.63, 3.8) is 0 Å². The van der Waals surface area contributed by atoms with Crippen molar-refractivity contribution >= 4 is 5.91 Å². The molecule has 6 heteroatoms. The van der Waals surface area contributed by atoms with Crippen LogP contribution in [0.1, 0.15) is 60.6 Å². The Bertz CT molecular complexity index is 363. The lowest BCUT2D eigenvalue weighted by molar-refractivity contribution is -0.118. The van der Waals surface area contributed by atoms with Crippen molar-refractivity contribution in [1.82, 2.24) is 25.6 Å². The Morgan fingerprint density at radius 3 is 2.41 bits per heavy atom. The molecule has 0 atom stereocenters. The van der Waals surface area contributed by atoms with E-state index in [-0.39, 0.29) is 5.91 Å². The van der Waals surface area contributed by atoms with Crippen molar-refractivity contribution in [1.29, 1.82) is 0 Å². The monoisotopic (exact) mass is 313 g/mol. The maximum Gasteiger partial charge on any atom is 0.216 e. The van der Waals surface area contributed by atoms with Crippen LogP contribution < -0.4 is 10.6 Å². The van der Waals surface area contributed by atoms with E-state index in [1.54, 1.807) is 0 Å². The van der Waals surface area contributed by atoms with Gasteiger partial charge in [-0.25, -0.2) is 0 Å². The molecular formula is C16H35N5O. The van der Waals surface area contributed by atoms with Gasteiger partial charge in [0, 0.05) is 38.7 Å². The number of rotatable bonds is 8. The fourth-order valence-electron chi connectivity index (χ4n) is 1.56. The van der Waals surface area contributed by atoms with E-state index in [4.69, 9.17) is 0 Å². The van der Waals surface area contributed by atoms with Crippen LogP contribution in [0.25, 0.3) is 0 Å². The Balaban J connectivity index is 0. The maximum absolute atomic E-state index is 10.7. The zero-order valence-electron chi connectivity index (χ0n) is 15.4. The number of aryl methyl sites for hydroxylation is 1. The molecule has 0 aliphatic carbocycles. The van der Waals surface area contributed by atoms with Gasteiger partial charge in [-0.15, -0.1) is 5.10 Å². The molecule has 0 unspecified atom stereocenters. The first kappa shape index (κ1) is 22.8. The van der Waals surface area contributed by atoms with Crippen molar-refractivity contribution in [2.24, 2.45) is 0 Å². The van der Waals surface area contributed by atoms with Gasteiger partial charge in [0.1, 0.15) is 0 Å². The molecule has 1 heterocycles. The van der Waals surface area contributed by atoms with Gasteiger partial charge >= 0.3 is 0 Å². The number of carbonyl (C=O) groups excluding carboxylic acids is 1. The second-order valence-corrected chi connectivity index (χ2v) is 4.67. The zero-order valence-corrected chi connectivity index (χ0v) is 15.4. The molecule has 22 heavy (non-hydrogen) atoms. The lowest BCUT2D eigenvalue weighted by Crippen LogP contribution is -2.24. The first-order chi connectivity index (χ1) is 10.6. The molecule has 1 aromatic heterocycles. The summed E-state index contributed by atoms with van der Waals surface area (Å²) in [6.45, 7) is 16.2. The van der Waals surface area contributed by atoms with E-state index in [1.165, 1.54) is 6.92 Å². The van der Waals surface area contributed by atoms with E-state index < -0.39 is 0 Å². The first-order valence-electron chi connectivity index (χ1n) is 8.44. The molecule has 130 valence electrons. The molecule has 2 N–H and O–H groups in total. The van der Waals surface area contributed by atoms with Crippen molar-refractivity contribution in [2.45, 2.75) is 73.9 Å². The Kier molecular flexibility index (Phi) is 16.6. The lowest BCUT2D eigenvalue weighted by atomic mass is 10.3. The van der Waals surface area contributed by atoms with E-state index in [0.717, 1.165) is 31.6 Å². The van der Waals surface area contributed by atoms with Crippen molar-refractivity contribution in [2.75, 3.05) is 13.1 Å². The summed E-state index contributed by atoms with van der Waals surface area (Å²) in [7, 11) is 0. The number of amides is 1. The molecule has 0 aromatic carbocycles. The largest absolute Gasteiger partial charge is 0.356 e. The van der Waals surface area contributed by atoms with Crippen LogP contribution >= 0.6 is 0 Å². The predicted octanol–water partition coefficient (Wildman–Crippen LogP) is 2.40. The summed E-state index contributed by atoms with van der Waals surface area (Å²) in [5.41, 5.74) is 0.917. The average Bonchev–Trinajstić information content (AvgIpc) is 2.95. The number of aromatic nitrogens is 3. The van der Waals surface area contributed by atoms with Crippen molar-refractivity contribution in [3.8, 4) is 0 Å². The fourth-order valence-corrected chi connectivity index (χ4v) is 1.56. The summed E-state index contributed by atoms with van der Waals surface area (Å²) in [6, 6.07) is 0.522. The van der Waals surface area contributed by atoms with Crippen molar-refractivity contribution < 1.29 is 4.79 Å². The molecule has 0 aliphatic rings. The molecule has 0 aliphatic heterocycles. The second-order valence-electron chi connectivity index (χ2n) is 4.67. The van der Waals surface area contributed by atoms with Gasteiger partial charge < -0.3 is 10.6 Å². The molecule has 0 fully saturated rings. The Morgan fingerprint density at radius 1 is 1.23 bits per heavy atom. The molecule has 0 bridgehead atoms. The highest BCUT2D eigenvalue weighted by molar-refractivity contribution is 5.72. The van der Waals surface area contributed by atoms with Crippen LogP contribution in [-0.2, 0) is 17.8 Å². The van der Waals surface area contributed by atoms with E-state index in [0.29, 0.717) is 12.6 Å². The third-order valence-electron chi connectivity index (χ3n) is 2.46. The minimum absolute atomic E-state index is 0.0119. The van der Waals surface area contributed by atoms with Crippen molar-refractivity contribution in [3.05, 3.63) is 11.9 Å². The minimum atomic E-state index is -0.0119. The van der Waals surface area contributed by atoms with E-state index in [1.807, 2.05) is 38.6 Å². The molecular weight excluding hydrogens is 278 g/mol. The van der Waals surface area contributed by atoms with E-state index >= 15 is 0 Å². The van der Waals surface area contributed by atoms with Gasteiger partial charge in [0.25, 0.3) is 0 Å². The predicted molar refractivity (Wildman–Crippen MR) is 92.9 cm³/mol. The average molecular weight is 313 g/mol. The third-order valence-corrected chi connectivity index (χ3v) is 2.46. The van der Waals surface area contributed by atoms with Gasteiger partial charge in [0.2, 0.25) is 5.91 Å². The number of hydrogen-bond donors (Lipinski definition) is 2. The van der Waals surface area contributed by atoms with Crippen LogP contribution in [-0.4, -0.2) is 40.0 Å². The summed E-state index contributed by atoms with van der Waals surface area (Å²) in [5, 5.41) is 14.2. The van der Waals surface area contributed by atoms with Gasteiger partial charge in [0.05, 0.1) is 5.69 Å². The Morgan fingerprint density at radius 2 is 1.86 bits per heavy atom. The highest BCUT2D eigenvalue weighted by Gasteiger charge is 2.01. The second kappa shape index (κ2) is 15.9. The molecule has 0 saturated heterocycles. The quantitative estimate of drug-likeness (QED) is 0.723. The highest BCUT2D eigenvalue weighted by atomic mass is 16.1. The van der Waals surface area contributed by atoms with E-state index in [2.05, 4.69) is 34.8 Å². The molecule has 1 aromatic rings. The number of hydrogen-bond acceptors (Lipinski definition) is 4. The smallest absolute Gasteiger partial charge is 0.216 e. The molecule has 0 radical (unpaired) electrons. The standard InChI is InChI=1S/C12H23N5O.2C2H6/c1-10(2)13-6-4-8-17-9-12(15-16-17)5-7-14-11(3)18;2*1-2/h9-10,13H,4-8H2,1-3H3,(H,14,18);2*1-2H3. The van der Waals surface area contributed by atoms with Crippen LogP contribution in [0, 0.1) is 0 Å². The molecule has 6 nitrogen and oxygen atoms in total. The van der Waals surface area contributed by atoms with Crippen LogP contribution in [0.5, 0.6) is 0 Å². The minimum Gasteiger partial charge on any atom is -0.356 e. The SMILES string of the molecule is CC.CC.CC(=O)NCCc1cn(CCCNC(C)C)nn1. The highest BCUT2D eigenvalue weighted by Crippen LogP contribution is 1.95. The lowest BCUT2D eigenvalue weighted by Gasteiger charge is -2.06. The normalized spacial score (nSPS) is 9.45. The van der Waals surface area contributed by atoms with Gasteiger partial charge in [-0.3, -0.25) is 9.48 Å².